The summed E-state index contributed by atoms with van der Waals surface area (Å²) in [5.41, 5.74) is 1.33. The first-order valence-corrected chi connectivity index (χ1v) is 6.12. The van der Waals surface area contributed by atoms with Crippen molar-refractivity contribution in [3.05, 3.63) is 17.5 Å². The van der Waals surface area contributed by atoms with Gasteiger partial charge in [0.2, 0.25) is 0 Å². The molecular weight excluding hydrogens is 234 g/mol. The average Bonchev–Trinajstić information content (AvgIpc) is 2.79. The predicted molar refractivity (Wildman–Crippen MR) is 66.2 cm³/mol. The molecule has 0 unspecified atom stereocenters. The topological polar surface area (TPSA) is 73.2 Å². The van der Waals surface area contributed by atoms with Gasteiger partial charge in [0.05, 0.1) is 12.3 Å². The second kappa shape index (κ2) is 6.78. The highest BCUT2D eigenvalue weighted by Gasteiger charge is 2.14. The molecule has 0 aromatic carbocycles. The summed E-state index contributed by atoms with van der Waals surface area (Å²) in [6.45, 7) is 6.41. The number of esters is 1. The third-order valence-electron chi connectivity index (χ3n) is 2.42. The summed E-state index contributed by atoms with van der Waals surface area (Å²) in [5, 5.41) is 6.79. The SMILES string of the molecule is CCOC(=O)CNC(=O)c1cc(CC)nn1CC. The van der Waals surface area contributed by atoms with Gasteiger partial charge in [-0.05, 0) is 26.3 Å². The number of hydrogen-bond acceptors (Lipinski definition) is 4. The summed E-state index contributed by atoms with van der Waals surface area (Å²) in [6.07, 6.45) is 0.769. The number of nitrogens with one attached hydrogen (secondary N) is 1. The average molecular weight is 253 g/mol. The number of aromatic nitrogens is 2. The number of carbonyl (C=O) groups is 2. The number of amides is 1. The Kier molecular flexibility index (Phi) is 5.35. The van der Waals surface area contributed by atoms with E-state index in [4.69, 9.17) is 4.74 Å². The summed E-state index contributed by atoms with van der Waals surface area (Å²) in [4.78, 5) is 23.0. The largest absolute Gasteiger partial charge is 0.465 e. The highest BCUT2D eigenvalue weighted by molar-refractivity contribution is 5.94. The number of rotatable bonds is 6. The van der Waals surface area contributed by atoms with Gasteiger partial charge in [-0.2, -0.15) is 5.10 Å². The van der Waals surface area contributed by atoms with E-state index < -0.39 is 5.97 Å². The molecule has 0 aliphatic rings. The molecule has 0 aliphatic heterocycles. The van der Waals surface area contributed by atoms with Crippen LogP contribution in [0.2, 0.25) is 0 Å². The fourth-order valence-corrected chi connectivity index (χ4v) is 1.52. The fraction of sp³-hybridized carbons (Fsp3) is 0.583. The van der Waals surface area contributed by atoms with Crippen molar-refractivity contribution < 1.29 is 14.3 Å². The molecule has 1 rings (SSSR count). The van der Waals surface area contributed by atoms with Crippen LogP contribution in [0.25, 0.3) is 0 Å². The number of carbonyl (C=O) groups excluding carboxylic acids is 2. The van der Waals surface area contributed by atoms with Crippen LogP contribution in [0.4, 0.5) is 0 Å². The quantitative estimate of drug-likeness (QED) is 0.760. The van der Waals surface area contributed by atoms with E-state index in [1.807, 2.05) is 13.8 Å². The van der Waals surface area contributed by atoms with E-state index >= 15 is 0 Å². The third kappa shape index (κ3) is 3.58. The zero-order valence-electron chi connectivity index (χ0n) is 11.0. The lowest BCUT2D eigenvalue weighted by Gasteiger charge is -2.06. The van der Waals surface area contributed by atoms with Gasteiger partial charge in [-0.3, -0.25) is 14.3 Å². The van der Waals surface area contributed by atoms with E-state index in [1.54, 1.807) is 17.7 Å². The fourth-order valence-electron chi connectivity index (χ4n) is 1.52. The van der Waals surface area contributed by atoms with Gasteiger partial charge < -0.3 is 10.1 Å². The van der Waals surface area contributed by atoms with Crippen molar-refractivity contribution in [1.29, 1.82) is 0 Å². The van der Waals surface area contributed by atoms with Crippen LogP contribution in [0.5, 0.6) is 0 Å². The van der Waals surface area contributed by atoms with E-state index in [0.717, 1.165) is 12.1 Å². The normalized spacial score (nSPS) is 10.2. The van der Waals surface area contributed by atoms with E-state index in [0.29, 0.717) is 18.8 Å². The van der Waals surface area contributed by atoms with Crippen LogP contribution in [0.1, 0.15) is 37.0 Å². The molecule has 1 N–H and O–H groups in total. The Balaban J connectivity index is 2.66. The van der Waals surface area contributed by atoms with Crippen molar-refractivity contribution in [1.82, 2.24) is 15.1 Å². The highest BCUT2D eigenvalue weighted by atomic mass is 16.5. The Morgan fingerprint density at radius 2 is 2.11 bits per heavy atom. The monoisotopic (exact) mass is 253 g/mol. The van der Waals surface area contributed by atoms with Crippen molar-refractivity contribution in [2.24, 2.45) is 0 Å². The second-order valence-corrected chi connectivity index (χ2v) is 3.68. The molecular formula is C12H19N3O3. The molecule has 6 nitrogen and oxygen atoms in total. The molecule has 18 heavy (non-hydrogen) atoms. The summed E-state index contributed by atoms with van der Waals surface area (Å²) in [6, 6.07) is 1.74. The van der Waals surface area contributed by atoms with Crippen LogP contribution in [0.3, 0.4) is 0 Å². The first-order chi connectivity index (χ1) is 8.62. The summed E-state index contributed by atoms with van der Waals surface area (Å²) >= 11 is 0. The number of aryl methyl sites for hydroxylation is 2. The van der Waals surface area contributed by atoms with Gasteiger partial charge in [-0.1, -0.05) is 6.92 Å². The van der Waals surface area contributed by atoms with Crippen LogP contribution >= 0.6 is 0 Å². The summed E-state index contributed by atoms with van der Waals surface area (Å²) < 4.78 is 6.36. The number of hydrogen-bond donors (Lipinski definition) is 1. The molecule has 100 valence electrons. The Bertz CT molecular complexity index is 426. The third-order valence-corrected chi connectivity index (χ3v) is 2.42. The molecule has 0 saturated heterocycles. The van der Waals surface area contributed by atoms with Gasteiger partial charge in [0.1, 0.15) is 12.2 Å². The molecule has 0 spiro atoms. The van der Waals surface area contributed by atoms with E-state index in [9.17, 15) is 9.59 Å². The molecule has 1 aromatic rings. The van der Waals surface area contributed by atoms with Crippen molar-refractivity contribution >= 4 is 11.9 Å². The Morgan fingerprint density at radius 1 is 1.39 bits per heavy atom. The summed E-state index contributed by atoms with van der Waals surface area (Å²) in [7, 11) is 0. The van der Waals surface area contributed by atoms with Crippen LogP contribution in [-0.4, -0.2) is 34.8 Å². The molecule has 0 saturated carbocycles. The lowest BCUT2D eigenvalue weighted by atomic mass is 10.3. The minimum Gasteiger partial charge on any atom is -0.465 e. The number of ether oxygens (including phenoxy) is 1. The molecule has 0 fully saturated rings. The maximum absolute atomic E-state index is 11.9. The van der Waals surface area contributed by atoms with Crippen molar-refractivity contribution in [3.8, 4) is 0 Å². The minimum absolute atomic E-state index is 0.122. The van der Waals surface area contributed by atoms with Crippen molar-refractivity contribution in [2.45, 2.75) is 33.7 Å². The van der Waals surface area contributed by atoms with E-state index in [1.165, 1.54) is 0 Å². The number of nitrogens with zero attached hydrogens (tertiary/aromatic N) is 2. The van der Waals surface area contributed by atoms with Crippen molar-refractivity contribution in [3.63, 3.8) is 0 Å². The van der Waals surface area contributed by atoms with Gasteiger partial charge in [0.15, 0.2) is 0 Å². The lowest BCUT2D eigenvalue weighted by Crippen LogP contribution is -2.32. The predicted octanol–water partition coefficient (Wildman–Crippen LogP) is 0.758. The standard InChI is InChI=1S/C12H19N3O3/c1-4-9-7-10(15(5-2)14-9)12(17)13-8-11(16)18-6-3/h7H,4-6,8H2,1-3H3,(H,13,17). The Morgan fingerprint density at radius 3 is 2.67 bits per heavy atom. The zero-order valence-corrected chi connectivity index (χ0v) is 11.0. The van der Waals surface area contributed by atoms with Crippen LogP contribution in [0, 0.1) is 0 Å². The zero-order chi connectivity index (χ0) is 13.5. The van der Waals surface area contributed by atoms with Gasteiger partial charge >= 0.3 is 5.97 Å². The van der Waals surface area contributed by atoms with Gasteiger partial charge in [0, 0.05) is 6.54 Å². The summed E-state index contributed by atoms with van der Waals surface area (Å²) in [5.74, 6) is -0.749. The van der Waals surface area contributed by atoms with E-state index in [2.05, 4.69) is 10.4 Å². The first kappa shape index (κ1) is 14.2. The highest BCUT2D eigenvalue weighted by Crippen LogP contribution is 2.05. The van der Waals surface area contributed by atoms with Gasteiger partial charge in [0.25, 0.3) is 5.91 Å². The van der Waals surface area contributed by atoms with Gasteiger partial charge in [-0.15, -0.1) is 0 Å². The van der Waals surface area contributed by atoms with E-state index in [-0.39, 0.29) is 12.5 Å². The maximum Gasteiger partial charge on any atom is 0.325 e. The molecule has 0 bridgehead atoms. The molecule has 1 amide bonds. The first-order valence-electron chi connectivity index (χ1n) is 6.12. The van der Waals surface area contributed by atoms with Crippen LogP contribution < -0.4 is 5.32 Å². The molecule has 0 radical (unpaired) electrons. The smallest absolute Gasteiger partial charge is 0.325 e. The Hall–Kier alpha value is -1.85. The van der Waals surface area contributed by atoms with Crippen LogP contribution in [-0.2, 0) is 22.5 Å². The molecule has 0 aliphatic carbocycles. The lowest BCUT2D eigenvalue weighted by molar-refractivity contribution is -0.141. The Labute approximate surface area is 106 Å². The van der Waals surface area contributed by atoms with Crippen LogP contribution in [0.15, 0.2) is 6.07 Å². The minimum atomic E-state index is -0.441. The molecule has 1 heterocycles. The maximum atomic E-state index is 11.9. The van der Waals surface area contributed by atoms with Gasteiger partial charge in [-0.25, -0.2) is 0 Å². The molecule has 6 heteroatoms. The van der Waals surface area contributed by atoms with Crippen molar-refractivity contribution in [2.75, 3.05) is 13.2 Å². The molecule has 0 atom stereocenters. The second-order valence-electron chi connectivity index (χ2n) is 3.68. The molecule has 1 aromatic heterocycles.